The van der Waals surface area contributed by atoms with Crippen molar-refractivity contribution in [3.05, 3.63) is 84.9 Å². The topological polar surface area (TPSA) is 0 Å². The Morgan fingerprint density at radius 2 is 1.19 bits per heavy atom. The van der Waals surface area contributed by atoms with Crippen LogP contribution in [0.5, 0.6) is 0 Å². The largest absolute Gasteiger partial charge is 0.0895 e. The summed E-state index contributed by atoms with van der Waals surface area (Å²) in [5, 5.41) is 5.22. The highest BCUT2D eigenvalue weighted by Crippen LogP contribution is 2.35. The molecule has 0 amide bonds. The summed E-state index contributed by atoms with van der Waals surface area (Å²) in [5.74, 6) is 0. The van der Waals surface area contributed by atoms with Crippen LogP contribution >= 0.6 is 11.8 Å². The maximum atomic E-state index is 2.30. The lowest BCUT2D eigenvalue weighted by Gasteiger charge is -2.08. The second-order valence-corrected chi connectivity index (χ2v) is 6.21. The van der Waals surface area contributed by atoms with Crippen molar-refractivity contribution in [1.82, 2.24) is 0 Å². The molecule has 0 atom stereocenters. The smallest absolute Gasteiger partial charge is 0.0201 e. The molecule has 1 heteroatoms. The quantitative estimate of drug-likeness (QED) is 0.398. The van der Waals surface area contributed by atoms with E-state index in [1.807, 2.05) is 11.8 Å². The van der Waals surface area contributed by atoms with E-state index in [1.165, 1.54) is 31.3 Å². The number of hydrogen-bond donors (Lipinski definition) is 0. The van der Waals surface area contributed by atoms with Crippen LogP contribution in [0.2, 0.25) is 0 Å². The van der Waals surface area contributed by atoms with Crippen molar-refractivity contribution in [2.45, 2.75) is 9.79 Å². The summed E-state index contributed by atoms with van der Waals surface area (Å²) >= 11 is 1.83. The molecule has 0 N–H and O–H groups in total. The highest BCUT2D eigenvalue weighted by Gasteiger charge is 2.04. The van der Waals surface area contributed by atoms with E-state index in [1.54, 1.807) is 0 Å². The molecule has 21 heavy (non-hydrogen) atoms. The van der Waals surface area contributed by atoms with Gasteiger partial charge in [0.05, 0.1) is 0 Å². The van der Waals surface area contributed by atoms with E-state index in [4.69, 9.17) is 0 Å². The maximum Gasteiger partial charge on any atom is 0.0201 e. The van der Waals surface area contributed by atoms with Crippen molar-refractivity contribution < 1.29 is 0 Å². The predicted octanol–water partition coefficient (Wildman–Crippen LogP) is 6.14. The highest BCUT2D eigenvalue weighted by atomic mass is 32.2. The standard InChI is InChI=1S/C20H14S/c1-2-10-18(11-3-1)21-20-12-6-9-17-13-15-7-4-5-8-16(15)14-19(17)20/h1-14H. The van der Waals surface area contributed by atoms with Crippen LogP contribution in [0, 0.1) is 0 Å². The molecule has 0 bridgehead atoms. The Hall–Kier alpha value is -2.25. The van der Waals surface area contributed by atoms with Crippen LogP contribution < -0.4 is 0 Å². The summed E-state index contributed by atoms with van der Waals surface area (Å²) in [6.07, 6.45) is 0. The van der Waals surface area contributed by atoms with Gasteiger partial charge in [0.1, 0.15) is 0 Å². The number of benzene rings is 4. The molecule has 0 aromatic heterocycles. The zero-order valence-electron chi connectivity index (χ0n) is 11.5. The first-order chi connectivity index (χ1) is 10.4. The fourth-order valence-corrected chi connectivity index (χ4v) is 3.62. The predicted molar refractivity (Wildman–Crippen MR) is 92.0 cm³/mol. The van der Waals surface area contributed by atoms with Crippen LogP contribution in [0.1, 0.15) is 0 Å². The molecule has 4 aromatic carbocycles. The fourth-order valence-electron chi connectivity index (χ4n) is 2.64. The first kappa shape index (κ1) is 12.5. The minimum absolute atomic E-state index is 1.28. The summed E-state index contributed by atoms with van der Waals surface area (Å²) in [7, 11) is 0. The monoisotopic (exact) mass is 286 g/mol. The molecule has 0 nitrogen and oxygen atoms in total. The number of fused-ring (bicyclic) bond motifs is 2. The third kappa shape index (κ3) is 2.41. The van der Waals surface area contributed by atoms with Gasteiger partial charge in [0, 0.05) is 9.79 Å². The van der Waals surface area contributed by atoms with E-state index in [9.17, 15) is 0 Å². The molecule has 0 aliphatic rings. The number of hydrogen-bond acceptors (Lipinski definition) is 1. The van der Waals surface area contributed by atoms with Crippen molar-refractivity contribution in [2.75, 3.05) is 0 Å². The van der Waals surface area contributed by atoms with Gasteiger partial charge in [0.15, 0.2) is 0 Å². The minimum atomic E-state index is 1.28. The van der Waals surface area contributed by atoms with Gasteiger partial charge < -0.3 is 0 Å². The Morgan fingerprint density at radius 3 is 2.00 bits per heavy atom. The Labute approximate surface area is 128 Å². The molecule has 0 heterocycles. The van der Waals surface area contributed by atoms with Crippen LogP contribution in [0.15, 0.2) is 94.7 Å². The van der Waals surface area contributed by atoms with E-state index in [0.717, 1.165) is 0 Å². The van der Waals surface area contributed by atoms with E-state index < -0.39 is 0 Å². The van der Waals surface area contributed by atoms with Crippen LogP contribution in [0.25, 0.3) is 21.5 Å². The van der Waals surface area contributed by atoms with Crippen molar-refractivity contribution in [3.8, 4) is 0 Å². The normalized spacial score (nSPS) is 11.0. The molecular formula is C20H14S. The molecule has 0 saturated heterocycles. The van der Waals surface area contributed by atoms with E-state index in [0.29, 0.717) is 0 Å². The lowest BCUT2D eigenvalue weighted by atomic mass is 10.0. The average Bonchev–Trinajstić information content (AvgIpc) is 2.54. The fraction of sp³-hybridized carbons (Fsp3) is 0. The lowest BCUT2D eigenvalue weighted by Crippen LogP contribution is -1.80. The molecule has 0 spiro atoms. The molecule has 100 valence electrons. The summed E-state index contributed by atoms with van der Waals surface area (Å²) < 4.78 is 0. The minimum Gasteiger partial charge on any atom is -0.0895 e. The summed E-state index contributed by atoms with van der Waals surface area (Å²) in [6, 6.07) is 30.2. The van der Waals surface area contributed by atoms with Crippen LogP contribution in [0.3, 0.4) is 0 Å². The van der Waals surface area contributed by atoms with Crippen molar-refractivity contribution in [3.63, 3.8) is 0 Å². The molecular weight excluding hydrogens is 272 g/mol. The zero-order valence-corrected chi connectivity index (χ0v) is 12.3. The van der Waals surface area contributed by atoms with Gasteiger partial charge in [-0.3, -0.25) is 0 Å². The Balaban J connectivity index is 1.90. The van der Waals surface area contributed by atoms with Gasteiger partial charge in [0.25, 0.3) is 0 Å². The van der Waals surface area contributed by atoms with E-state index in [2.05, 4.69) is 84.9 Å². The third-order valence-corrected chi connectivity index (χ3v) is 4.76. The first-order valence-corrected chi connectivity index (χ1v) is 7.86. The molecule has 0 fully saturated rings. The molecule has 0 aliphatic heterocycles. The SMILES string of the molecule is c1ccc(Sc2cccc3cc4ccccc4cc23)cc1. The average molecular weight is 286 g/mol. The van der Waals surface area contributed by atoms with Gasteiger partial charge in [-0.2, -0.15) is 0 Å². The molecule has 0 aliphatic carbocycles. The summed E-state index contributed by atoms with van der Waals surface area (Å²) in [5.41, 5.74) is 0. The Bertz CT molecular complexity index is 910. The molecule has 0 radical (unpaired) electrons. The van der Waals surface area contributed by atoms with E-state index in [-0.39, 0.29) is 0 Å². The third-order valence-electron chi connectivity index (χ3n) is 3.68. The summed E-state index contributed by atoms with van der Waals surface area (Å²) in [6.45, 7) is 0. The van der Waals surface area contributed by atoms with Gasteiger partial charge in [-0.05, 0) is 51.9 Å². The second-order valence-electron chi connectivity index (χ2n) is 5.09. The van der Waals surface area contributed by atoms with Gasteiger partial charge >= 0.3 is 0 Å². The van der Waals surface area contributed by atoms with Crippen LogP contribution in [-0.4, -0.2) is 0 Å². The molecule has 0 saturated carbocycles. The van der Waals surface area contributed by atoms with Gasteiger partial charge in [-0.1, -0.05) is 66.4 Å². The Kier molecular flexibility index (Phi) is 3.13. The molecule has 4 aromatic rings. The van der Waals surface area contributed by atoms with Crippen LogP contribution in [-0.2, 0) is 0 Å². The van der Waals surface area contributed by atoms with Crippen molar-refractivity contribution in [1.29, 1.82) is 0 Å². The zero-order chi connectivity index (χ0) is 14.1. The molecule has 4 rings (SSSR count). The second kappa shape index (κ2) is 5.27. The maximum absolute atomic E-state index is 2.30. The lowest BCUT2D eigenvalue weighted by molar-refractivity contribution is 1.44. The van der Waals surface area contributed by atoms with E-state index >= 15 is 0 Å². The van der Waals surface area contributed by atoms with Crippen molar-refractivity contribution >= 4 is 33.3 Å². The van der Waals surface area contributed by atoms with Crippen LogP contribution in [0.4, 0.5) is 0 Å². The summed E-state index contributed by atoms with van der Waals surface area (Å²) in [4.78, 5) is 2.59. The first-order valence-electron chi connectivity index (χ1n) is 7.04. The van der Waals surface area contributed by atoms with Crippen molar-refractivity contribution in [2.24, 2.45) is 0 Å². The number of rotatable bonds is 2. The van der Waals surface area contributed by atoms with Gasteiger partial charge in [-0.25, -0.2) is 0 Å². The van der Waals surface area contributed by atoms with Gasteiger partial charge in [0.2, 0.25) is 0 Å². The highest BCUT2D eigenvalue weighted by molar-refractivity contribution is 7.99. The Morgan fingerprint density at radius 1 is 0.524 bits per heavy atom. The molecule has 0 unspecified atom stereocenters. The van der Waals surface area contributed by atoms with Gasteiger partial charge in [-0.15, -0.1) is 0 Å².